The first-order valence-electron chi connectivity index (χ1n) is 10.1. The van der Waals surface area contributed by atoms with Crippen LogP contribution in [0.1, 0.15) is 25.5 Å². The molecular formula is C20H24F3N7OS. The van der Waals surface area contributed by atoms with Crippen LogP contribution in [0.25, 0.3) is 11.3 Å². The molecule has 4 heterocycles. The molecular weight excluding hydrogens is 443 g/mol. The van der Waals surface area contributed by atoms with Crippen LogP contribution in [-0.4, -0.2) is 56.8 Å². The van der Waals surface area contributed by atoms with Gasteiger partial charge in [0.05, 0.1) is 19.3 Å². The number of piperidine rings is 1. The Labute approximate surface area is 187 Å². The maximum absolute atomic E-state index is 13.3. The average Bonchev–Trinajstić information content (AvgIpc) is 3.09. The second-order valence-corrected chi connectivity index (χ2v) is 9.06. The molecule has 0 bridgehead atoms. The van der Waals surface area contributed by atoms with E-state index >= 15 is 0 Å². The van der Waals surface area contributed by atoms with Gasteiger partial charge in [-0.25, -0.2) is 9.97 Å². The number of fused-ring (bicyclic) bond motifs is 1. The van der Waals surface area contributed by atoms with Crippen molar-refractivity contribution in [1.29, 1.82) is 0 Å². The Morgan fingerprint density at radius 1 is 1.22 bits per heavy atom. The molecule has 0 saturated carbocycles. The fourth-order valence-corrected chi connectivity index (χ4v) is 4.44. The van der Waals surface area contributed by atoms with Crippen molar-refractivity contribution in [1.82, 2.24) is 24.5 Å². The number of rotatable bonds is 6. The Morgan fingerprint density at radius 3 is 2.66 bits per heavy atom. The van der Waals surface area contributed by atoms with E-state index in [0.29, 0.717) is 35.4 Å². The highest BCUT2D eigenvalue weighted by Crippen LogP contribution is 2.37. The molecule has 8 nitrogen and oxygen atoms in total. The SMILES string of the molecule is COCCn1c(N2CCC(C)(N)CC2)nc2nc(Sc3cccnc3C(F)(F)F)cnc21. The summed E-state index contributed by atoms with van der Waals surface area (Å²) < 4.78 is 47.0. The van der Waals surface area contributed by atoms with E-state index < -0.39 is 11.9 Å². The van der Waals surface area contributed by atoms with Crippen LogP contribution in [0.5, 0.6) is 0 Å². The van der Waals surface area contributed by atoms with Crippen molar-refractivity contribution in [2.75, 3.05) is 31.7 Å². The lowest BCUT2D eigenvalue weighted by Gasteiger charge is -2.37. The van der Waals surface area contributed by atoms with Crippen molar-refractivity contribution in [3.05, 3.63) is 30.2 Å². The summed E-state index contributed by atoms with van der Waals surface area (Å²) in [6.45, 7) is 4.52. The van der Waals surface area contributed by atoms with Gasteiger partial charge in [0.25, 0.3) is 0 Å². The third kappa shape index (κ3) is 4.81. The van der Waals surface area contributed by atoms with E-state index in [2.05, 4.69) is 24.8 Å². The van der Waals surface area contributed by atoms with Gasteiger partial charge in [0.1, 0.15) is 5.03 Å². The second-order valence-electron chi connectivity index (χ2n) is 8.00. The van der Waals surface area contributed by atoms with E-state index in [4.69, 9.17) is 10.5 Å². The van der Waals surface area contributed by atoms with Crippen LogP contribution in [0.2, 0.25) is 0 Å². The highest BCUT2D eigenvalue weighted by molar-refractivity contribution is 7.99. The number of hydrogen-bond acceptors (Lipinski definition) is 8. The third-order valence-corrected chi connectivity index (χ3v) is 6.33. The van der Waals surface area contributed by atoms with E-state index in [1.807, 2.05) is 11.5 Å². The lowest BCUT2D eigenvalue weighted by Crippen LogP contribution is -2.48. The van der Waals surface area contributed by atoms with Crippen LogP contribution in [0.4, 0.5) is 19.1 Å². The summed E-state index contributed by atoms with van der Waals surface area (Å²) in [6, 6.07) is 2.83. The van der Waals surface area contributed by atoms with Crippen LogP contribution in [-0.2, 0) is 17.5 Å². The fraction of sp³-hybridized carbons (Fsp3) is 0.500. The molecule has 12 heteroatoms. The molecule has 0 aromatic carbocycles. The van der Waals surface area contributed by atoms with E-state index in [-0.39, 0.29) is 10.4 Å². The van der Waals surface area contributed by atoms with Gasteiger partial charge in [0.15, 0.2) is 17.0 Å². The van der Waals surface area contributed by atoms with Crippen LogP contribution in [0.15, 0.2) is 34.4 Å². The van der Waals surface area contributed by atoms with Crippen molar-refractivity contribution in [3.63, 3.8) is 0 Å². The van der Waals surface area contributed by atoms with E-state index in [9.17, 15) is 13.2 Å². The molecule has 1 aliphatic heterocycles. The van der Waals surface area contributed by atoms with E-state index in [1.165, 1.54) is 18.3 Å². The Balaban J connectivity index is 1.67. The summed E-state index contributed by atoms with van der Waals surface area (Å²) in [5.41, 5.74) is 6.04. The number of hydrogen-bond donors (Lipinski definition) is 1. The normalized spacial score (nSPS) is 16.6. The van der Waals surface area contributed by atoms with Gasteiger partial charge in [-0.1, -0.05) is 11.8 Å². The van der Waals surface area contributed by atoms with Crippen molar-refractivity contribution in [2.24, 2.45) is 5.73 Å². The zero-order valence-corrected chi connectivity index (χ0v) is 18.6. The minimum atomic E-state index is -4.55. The number of imidazole rings is 1. The molecule has 0 unspecified atom stereocenters. The first kappa shape index (κ1) is 22.7. The highest BCUT2D eigenvalue weighted by atomic mass is 32.2. The maximum Gasteiger partial charge on any atom is 0.434 e. The molecule has 32 heavy (non-hydrogen) atoms. The van der Waals surface area contributed by atoms with Crippen molar-refractivity contribution >= 4 is 29.0 Å². The van der Waals surface area contributed by atoms with Gasteiger partial charge in [-0.2, -0.15) is 18.2 Å². The number of alkyl halides is 3. The van der Waals surface area contributed by atoms with Crippen LogP contribution >= 0.6 is 11.8 Å². The number of nitrogens with two attached hydrogens (primary N) is 1. The molecule has 1 fully saturated rings. The number of nitrogens with zero attached hydrogens (tertiary/aromatic N) is 6. The predicted octanol–water partition coefficient (Wildman–Crippen LogP) is 3.36. The lowest BCUT2D eigenvalue weighted by atomic mass is 9.91. The summed E-state index contributed by atoms with van der Waals surface area (Å²) in [6.07, 6.45) is -0.326. The number of ether oxygens (including phenoxy) is 1. The topological polar surface area (TPSA) is 95.0 Å². The van der Waals surface area contributed by atoms with E-state index in [1.54, 1.807) is 7.11 Å². The van der Waals surface area contributed by atoms with Gasteiger partial charge >= 0.3 is 6.18 Å². The molecule has 0 amide bonds. The minimum absolute atomic E-state index is 0.0362. The molecule has 4 rings (SSSR count). The van der Waals surface area contributed by atoms with Gasteiger partial charge < -0.3 is 15.4 Å². The first-order valence-corrected chi connectivity index (χ1v) is 11.0. The van der Waals surface area contributed by atoms with Crippen LogP contribution < -0.4 is 10.6 Å². The molecule has 0 aliphatic carbocycles. The molecule has 3 aromatic rings. The number of aromatic nitrogens is 5. The average molecular weight is 468 g/mol. The molecule has 0 radical (unpaired) electrons. The molecule has 1 saturated heterocycles. The maximum atomic E-state index is 13.3. The van der Waals surface area contributed by atoms with Crippen molar-refractivity contribution in [2.45, 2.75) is 47.9 Å². The quantitative estimate of drug-likeness (QED) is 0.590. The molecule has 2 N–H and O–H groups in total. The third-order valence-electron chi connectivity index (χ3n) is 5.38. The summed E-state index contributed by atoms with van der Waals surface area (Å²) in [5, 5.41) is 0.312. The Bertz CT molecular complexity index is 1090. The second kappa shape index (κ2) is 8.83. The monoisotopic (exact) mass is 467 g/mol. The summed E-state index contributed by atoms with van der Waals surface area (Å²) in [7, 11) is 1.62. The fourth-order valence-electron chi connectivity index (χ4n) is 3.57. The summed E-state index contributed by atoms with van der Waals surface area (Å²) in [4.78, 5) is 19.2. The molecule has 0 atom stereocenters. The van der Waals surface area contributed by atoms with Crippen molar-refractivity contribution < 1.29 is 17.9 Å². The zero-order chi connectivity index (χ0) is 22.9. The largest absolute Gasteiger partial charge is 0.434 e. The first-order chi connectivity index (χ1) is 15.2. The predicted molar refractivity (Wildman–Crippen MR) is 115 cm³/mol. The summed E-state index contributed by atoms with van der Waals surface area (Å²) >= 11 is 0.864. The molecule has 0 spiro atoms. The highest BCUT2D eigenvalue weighted by Gasteiger charge is 2.35. The number of halogens is 3. The summed E-state index contributed by atoms with van der Waals surface area (Å²) in [5.74, 6) is 0.715. The Morgan fingerprint density at radius 2 is 1.97 bits per heavy atom. The molecule has 3 aromatic heterocycles. The standard InChI is InChI=1S/C20H24F3N7OS/c1-19(24)5-8-29(9-6-19)18-28-16-17(30(18)10-11-31-2)26-12-14(27-16)32-13-4-3-7-25-15(13)20(21,22)23/h3-4,7,12H,5-6,8-11,24H2,1-2H3. The lowest BCUT2D eigenvalue weighted by molar-refractivity contribution is -0.143. The molecule has 172 valence electrons. The van der Waals surface area contributed by atoms with Gasteiger partial charge in [-0.05, 0) is 31.9 Å². The zero-order valence-electron chi connectivity index (χ0n) is 17.8. The van der Waals surface area contributed by atoms with Gasteiger partial charge in [0.2, 0.25) is 5.95 Å². The van der Waals surface area contributed by atoms with E-state index in [0.717, 1.165) is 43.9 Å². The number of anilines is 1. The van der Waals surface area contributed by atoms with Crippen molar-refractivity contribution in [3.8, 4) is 0 Å². The smallest absolute Gasteiger partial charge is 0.383 e. The molecule has 1 aliphatic rings. The van der Waals surface area contributed by atoms with Gasteiger partial charge in [-0.3, -0.25) is 9.55 Å². The number of methoxy groups -OCH3 is 1. The van der Waals surface area contributed by atoms with Gasteiger partial charge in [0, 0.05) is 36.8 Å². The number of pyridine rings is 1. The Hall–Kier alpha value is -2.44. The van der Waals surface area contributed by atoms with Gasteiger partial charge in [-0.15, -0.1) is 0 Å². The Kier molecular flexibility index (Phi) is 6.28. The van der Waals surface area contributed by atoms with Crippen LogP contribution in [0, 0.1) is 0 Å². The minimum Gasteiger partial charge on any atom is -0.383 e. The van der Waals surface area contributed by atoms with Crippen LogP contribution in [0.3, 0.4) is 0 Å².